The molecule has 0 bridgehead atoms. The molecule has 0 saturated carbocycles. The Hall–Kier alpha value is -0.490. The highest BCUT2D eigenvalue weighted by Crippen LogP contribution is 2.21. The van der Waals surface area contributed by atoms with Crippen LogP contribution in [0, 0.1) is 0 Å². The fourth-order valence-electron chi connectivity index (χ4n) is 1.45. The van der Waals surface area contributed by atoms with Gasteiger partial charge in [-0.05, 0) is 14.0 Å². The van der Waals surface area contributed by atoms with E-state index in [0.29, 0.717) is 6.54 Å². The van der Waals surface area contributed by atoms with E-state index in [9.17, 15) is 15.0 Å². The summed E-state index contributed by atoms with van der Waals surface area (Å²) < 4.78 is 5.18. The fraction of sp³-hybridized carbons (Fsp3) is 0.875. The summed E-state index contributed by atoms with van der Waals surface area (Å²) in [6, 6.07) is 0. The van der Waals surface area contributed by atoms with E-state index in [2.05, 4.69) is 5.32 Å². The Balaban J connectivity index is 2.61. The topological polar surface area (TPSA) is 78.8 Å². The summed E-state index contributed by atoms with van der Waals surface area (Å²) in [4.78, 5) is 10.9. The number of nitrogens with one attached hydrogen (secondary N) is 1. The van der Waals surface area contributed by atoms with E-state index in [1.54, 1.807) is 7.05 Å². The second-order valence-electron chi connectivity index (χ2n) is 3.24. The zero-order chi connectivity index (χ0) is 10.0. The zero-order valence-electron chi connectivity index (χ0n) is 7.73. The minimum atomic E-state index is -1.10. The molecular weight excluding hydrogens is 174 g/mol. The first-order valence-corrected chi connectivity index (χ1v) is 4.24. The number of hydrogen-bond acceptors (Lipinski definition) is 5. The molecule has 0 aliphatic carbocycles. The van der Waals surface area contributed by atoms with Crippen molar-refractivity contribution in [2.24, 2.45) is 0 Å². The summed E-state index contributed by atoms with van der Waals surface area (Å²) in [5, 5.41) is 21.7. The number of aliphatic hydroxyl groups is 2. The van der Waals surface area contributed by atoms with Gasteiger partial charge in [0.2, 0.25) is 0 Å². The minimum absolute atomic E-state index is 0.259. The Morgan fingerprint density at radius 3 is 2.46 bits per heavy atom. The minimum Gasteiger partial charge on any atom is -0.388 e. The third-order valence-corrected chi connectivity index (χ3v) is 2.17. The van der Waals surface area contributed by atoms with Crippen molar-refractivity contribution in [2.75, 3.05) is 13.6 Å². The van der Waals surface area contributed by atoms with Crippen LogP contribution in [-0.4, -0.2) is 54.0 Å². The van der Waals surface area contributed by atoms with Gasteiger partial charge in [-0.25, -0.2) is 0 Å². The number of carbonyl (C=O) groups is 1. The van der Waals surface area contributed by atoms with Gasteiger partial charge in [0.25, 0.3) is 0 Å². The van der Waals surface area contributed by atoms with Crippen LogP contribution >= 0.6 is 0 Å². The van der Waals surface area contributed by atoms with Crippen LogP contribution in [0.1, 0.15) is 6.92 Å². The molecule has 5 heteroatoms. The van der Waals surface area contributed by atoms with Crippen LogP contribution < -0.4 is 5.32 Å². The molecule has 5 nitrogen and oxygen atoms in total. The first-order chi connectivity index (χ1) is 6.07. The first-order valence-electron chi connectivity index (χ1n) is 4.24. The molecule has 1 rings (SSSR count). The number of ether oxygens (including phenoxy) is 1. The lowest BCUT2D eigenvalue weighted by Gasteiger charge is -2.12. The van der Waals surface area contributed by atoms with Gasteiger partial charge < -0.3 is 20.3 Å². The van der Waals surface area contributed by atoms with Crippen LogP contribution in [0.4, 0.5) is 0 Å². The Morgan fingerprint density at radius 2 is 2.08 bits per heavy atom. The number of Topliss-reactive ketones (excluding diaryl/α,β-unsaturated/α-hetero) is 1. The van der Waals surface area contributed by atoms with Crippen molar-refractivity contribution < 1.29 is 19.7 Å². The van der Waals surface area contributed by atoms with E-state index in [0.717, 1.165) is 0 Å². The Morgan fingerprint density at radius 1 is 1.46 bits per heavy atom. The quantitative estimate of drug-likeness (QED) is 0.492. The van der Waals surface area contributed by atoms with E-state index in [1.165, 1.54) is 6.92 Å². The monoisotopic (exact) mass is 189 g/mol. The van der Waals surface area contributed by atoms with E-state index >= 15 is 0 Å². The van der Waals surface area contributed by atoms with Crippen molar-refractivity contribution in [1.82, 2.24) is 5.32 Å². The molecule has 13 heavy (non-hydrogen) atoms. The van der Waals surface area contributed by atoms with Crippen LogP contribution in [0.15, 0.2) is 0 Å². The van der Waals surface area contributed by atoms with Crippen molar-refractivity contribution in [1.29, 1.82) is 0 Å². The lowest BCUT2D eigenvalue weighted by Crippen LogP contribution is -2.37. The van der Waals surface area contributed by atoms with Crippen molar-refractivity contribution in [3.63, 3.8) is 0 Å². The fourth-order valence-corrected chi connectivity index (χ4v) is 1.45. The largest absolute Gasteiger partial charge is 0.388 e. The molecular formula is C8H15NO4. The van der Waals surface area contributed by atoms with Crippen molar-refractivity contribution in [3.05, 3.63) is 0 Å². The lowest BCUT2D eigenvalue weighted by atomic mass is 10.1. The average Bonchev–Trinajstić information content (AvgIpc) is 2.33. The molecule has 1 saturated heterocycles. The number of ketones is 1. The number of likely N-dealkylation sites (N-methyl/N-ethyl adjacent to an activating group) is 1. The van der Waals surface area contributed by atoms with Gasteiger partial charge >= 0.3 is 0 Å². The van der Waals surface area contributed by atoms with Gasteiger partial charge in [0.15, 0.2) is 5.78 Å². The smallest absolute Gasteiger partial charge is 0.161 e. The second kappa shape index (κ2) is 4.15. The zero-order valence-corrected chi connectivity index (χ0v) is 7.73. The molecule has 1 heterocycles. The normalized spacial score (nSPS) is 39.4. The Kier molecular flexibility index (Phi) is 3.38. The SMILES string of the molecule is CNC[C@H]1OC(C(C)=O)C(O)C1O. The standard InChI is InChI=1S/C8H15NO4/c1-4(10)8-7(12)6(11)5(13-8)3-9-2/h5-9,11-12H,3H2,1-2H3/t5-,6?,7?,8?/m1/s1. The molecule has 0 radical (unpaired) electrons. The molecule has 0 aromatic carbocycles. The first kappa shape index (κ1) is 10.6. The molecule has 3 N–H and O–H groups in total. The maximum Gasteiger partial charge on any atom is 0.161 e. The van der Waals surface area contributed by atoms with Crippen LogP contribution in [0.3, 0.4) is 0 Å². The summed E-state index contributed by atoms with van der Waals surface area (Å²) in [7, 11) is 1.71. The van der Waals surface area contributed by atoms with Crippen LogP contribution in [-0.2, 0) is 9.53 Å². The van der Waals surface area contributed by atoms with Crippen molar-refractivity contribution >= 4 is 5.78 Å². The summed E-state index contributed by atoms with van der Waals surface area (Å²) in [6.45, 7) is 1.75. The molecule has 1 fully saturated rings. The van der Waals surface area contributed by atoms with Gasteiger partial charge in [0, 0.05) is 6.54 Å². The predicted octanol–water partition coefficient (Wildman–Crippen LogP) is -1.72. The number of aliphatic hydroxyl groups excluding tert-OH is 2. The lowest BCUT2D eigenvalue weighted by molar-refractivity contribution is -0.131. The van der Waals surface area contributed by atoms with Gasteiger partial charge in [-0.2, -0.15) is 0 Å². The molecule has 0 aromatic rings. The summed E-state index contributed by atoms with van der Waals surface area (Å²) in [6.07, 6.45) is -3.47. The van der Waals surface area contributed by atoms with E-state index < -0.39 is 24.4 Å². The van der Waals surface area contributed by atoms with E-state index in [1.807, 2.05) is 0 Å². The molecule has 0 amide bonds. The number of carbonyl (C=O) groups excluding carboxylic acids is 1. The molecule has 4 atom stereocenters. The summed E-state index contributed by atoms with van der Waals surface area (Å²) in [5.74, 6) is -0.259. The molecule has 3 unspecified atom stereocenters. The Labute approximate surface area is 76.7 Å². The van der Waals surface area contributed by atoms with Gasteiger partial charge in [0.1, 0.15) is 18.3 Å². The Bertz CT molecular complexity index is 197. The van der Waals surface area contributed by atoms with Crippen molar-refractivity contribution in [3.8, 4) is 0 Å². The molecule has 1 aliphatic heterocycles. The maximum atomic E-state index is 10.9. The molecule has 0 aromatic heterocycles. The van der Waals surface area contributed by atoms with Crippen LogP contribution in [0.2, 0.25) is 0 Å². The van der Waals surface area contributed by atoms with E-state index in [-0.39, 0.29) is 5.78 Å². The molecule has 76 valence electrons. The highest BCUT2D eigenvalue weighted by atomic mass is 16.5. The van der Waals surface area contributed by atoms with Crippen LogP contribution in [0.25, 0.3) is 0 Å². The van der Waals surface area contributed by atoms with Gasteiger partial charge in [-0.15, -0.1) is 0 Å². The maximum absolute atomic E-state index is 10.9. The third-order valence-electron chi connectivity index (χ3n) is 2.17. The molecule has 1 aliphatic rings. The second-order valence-corrected chi connectivity index (χ2v) is 3.24. The summed E-state index contributed by atoms with van der Waals surface area (Å²) >= 11 is 0. The van der Waals surface area contributed by atoms with Gasteiger partial charge in [-0.3, -0.25) is 4.79 Å². The van der Waals surface area contributed by atoms with E-state index in [4.69, 9.17) is 4.74 Å². The highest BCUT2D eigenvalue weighted by Gasteiger charge is 2.44. The van der Waals surface area contributed by atoms with Gasteiger partial charge in [-0.1, -0.05) is 0 Å². The predicted molar refractivity (Wildman–Crippen MR) is 45.3 cm³/mol. The number of hydrogen-bond donors (Lipinski definition) is 3. The number of rotatable bonds is 3. The average molecular weight is 189 g/mol. The molecule has 0 spiro atoms. The van der Waals surface area contributed by atoms with Gasteiger partial charge in [0.05, 0.1) is 6.10 Å². The highest BCUT2D eigenvalue weighted by molar-refractivity contribution is 5.81. The summed E-state index contributed by atoms with van der Waals surface area (Å²) in [5.41, 5.74) is 0. The van der Waals surface area contributed by atoms with Crippen molar-refractivity contribution in [2.45, 2.75) is 31.3 Å². The van der Waals surface area contributed by atoms with Crippen LogP contribution in [0.5, 0.6) is 0 Å². The third kappa shape index (κ3) is 2.05.